The Morgan fingerprint density at radius 3 is 2.94 bits per heavy atom. The molecule has 0 aliphatic heterocycles. The molecule has 0 unspecified atom stereocenters. The molecule has 2 rings (SSSR count). The number of rotatable bonds is 3. The number of hydrogen-bond donors (Lipinski definition) is 2. The largest absolute Gasteiger partial charge is 0.495 e. The number of carbonyl (C=O) groups excluding carboxylic acids is 1. The number of ether oxygens (including phenoxy) is 1. The van der Waals surface area contributed by atoms with E-state index in [0.29, 0.717) is 17.1 Å². The number of nitrogens with zero attached hydrogens (tertiary/aromatic N) is 2. The smallest absolute Gasteiger partial charge is 0.277 e. The Morgan fingerprint density at radius 2 is 2.35 bits per heavy atom. The number of benzene rings is 1. The third-order valence-electron chi connectivity index (χ3n) is 2.08. The van der Waals surface area contributed by atoms with Crippen molar-refractivity contribution < 1.29 is 9.53 Å². The summed E-state index contributed by atoms with van der Waals surface area (Å²) in [7, 11) is 1.53. The Hall–Kier alpha value is -2.15. The predicted molar refractivity (Wildman–Crippen MR) is 65.3 cm³/mol. The molecule has 17 heavy (non-hydrogen) atoms. The van der Waals surface area contributed by atoms with Crippen LogP contribution in [0.4, 0.5) is 11.4 Å². The Kier molecular flexibility index (Phi) is 3.20. The first kappa shape index (κ1) is 11.3. The maximum atomic E-state index is 11.7. The number of nitrogens with one attached hydrogen (secondary N) is 1. The molecular formula is C10H10N4O2S. The van der Waals surface area contributed by atoms with Gasteiger partial charge in [-0.05, 0) is 29.7 Å². The normalized spacial score (nSPS) is 9.94. The fourth-order valence-corrected chi connectivity index (χ4v) is 1.71. The van der Waals surface area contributed by atoms with Crippen molar-refractivity contribution in [1.29, 1.82) is 0 Å². The number of nitrogens with two attached hydrogens (primary N) is 1. The van der Waals surface area contributed by atoms with Crippen LogP contribution in [0.1, 0.15) is 10.5 Å². The fourth-order valence-electron chi connectivity index (χ4n) is 1.27. The number of aromatic nitrogens is 2. The first-order valence-electron chi connectivity index (χ1n) is 4.72. The zero-order valence-electron chi connectivity index (χ0n) is 9.01. The highest BCUT2D eigenvalue weighted by molar-refractivity contribution is 7.03. The summed E-state index contributed by atoms with van der Waals surface area (Å²) in [5, 5.41) is 7.91. The van der Waals surface area contributed by atoms with Crippen LogP contribution in [0, 0.1) is 0 Å². The van der Waals surface area contributed by atoms with Gasteiger partial charge >= 0.3 is 0 Å². The molecule has 88 valence electrons. The van der Waals surface area contributed by atoms with Crippen LogP contribution in [0.15, 0.2) is 23.6 Å². The summed E-state index contributed by atoms with van der Waals surface area (Å²) < 4.78 is 8.63. The second-order valence-corrected chi connectivity index (χ2v) is 3.81. The van der Waals surface area contributed by atoms with E-state index < -0.39 is 0 Å². The maximum Gasteiger partial charge on any atom is 0.277 e. The first-order chi connectivity index (χ1) is 8.20. The quantitative estimate of drug-likeness (QED) is 0.803. The highest BCUT2D eigenvalue weighted by Gasteiger charge is 2.09. The number of methoxy groups -OCH3 is 1. The second-order valence-electron chi connectivity index (χ2n) is 3.20. The molecule has 0 saturated heterocycles. The van der Waals surface area contributed by atoms with E-state index in [1.807, 2.05) is 0 Å². The van der Waals surface area contributed by atoms with Gasteiger partial charge in [0.2, 0.25) is 0 Å². The topological polar surface area (TPSA) is 90.1 Å². The van der Waals surface area contributed by atoms with Gasteiger partial charge in [0.05, 0.1) is 12.8 Å². The van der Waals surface area contributed by atoms with Crippen LogP contribution in [0.3, 0.4) is 0 Å². The van der Waals surface area contributed by atoms with Crippen molar-refractivity contribution in [2.75, 3.05) is 18.2 Å². The predicted octanol–water partition coefficient (Wildman–Crippen LogP) is 1.38. The van der Waals surface area contributed by atoms with Gasteiger partial charge in [-0.2, -0.15) is 0 Å². The lowest BCUT2D eigenvalue weighted by Gasteiger charge is -2.07. The minimum Gasteiger partial charge on any atom is -0.495 e. The standard InChI is InChI=1S/C10H10N4O2S/c1-16-9-3-2-6(4-7(9)11)12-10(15)8-5-17-14-13-8/h2-5H,11H2,1H3,(H,12,15). The minimum absolute atomic E-state index is 0.282. The molecule has 1 amide bonds. The van der Waals surface area contributed by atoms with E-state index in [2.05, 4.69) is 14.9 Å². The van der Waals surface area contributed by atoms with E-state index >= 15 is 0 Å². The van der Waals surface area contributed by atoms with Crippen LogP contribution >= 0.6 is 11.5 Å². The summed E-state index contributed by atoms with van der Waals surface area (Å²) in [6, 6.07) is 5.01. The van der Waals surface area contributed by atoms with E-state index in [1.54, 1.807) is 23.6 Å². The lowest BCUT2D eigenvalue weighted by molar-refractivity contribution is 0.102. The molecule has 0 aliphatic rings. The summed E-state index contributed by atoms with van der Waals surface area (Å²) in [6.45, 7) is 0. The monoisotopic (exact) mass is 250 g/mol. The van der Waals surface area contributed by atoms with Crippen LogP contribution < -0.4 is 15.8 Å². The van der Waals surface area contributed by atoms with Crippen LogP contribution in [0.25, 0.3) is 0 Å². The van der Waals surface area contributed by atoms with E-state index in [4.69, 9.17) is 10.5 Å². The molecule has 7 heteroatoms. The summed E-state index contributed by atoms with van der Waals surface area (Å²) in [6.07, 6.45) is 0. The van der Waals surface area contributed by atoms with Gasteiger partial charge in [0, 0.05) is 11.1 Å². The number of nitrogen functional groups attached to an aromatic ring is 1. The van der Waals surface area contributed by atoms with Gasteiger partial charge in [0.15, 0.2) is 5.69 Å². The third-order valence-corrected chi connectivity index (χ3v) is 2.58. The van der Waals surface area contributed by atoms with Crippen LogP contribution in [-0.4, -0.2) is 22.6 Å². The van der Waals surface area contributed by atoms with Crippen LogP contribution in [-0.2, 0) is 0 Å². The molecule has 0 atom stereocenters. The van der Waals surface area contributed by atoms with Crippen molar-refractivity contribution in [2.24, 2.45) is 0 Å². The van der Waals surface area contributed by atoms with Crippen molar-refractivity contribution in [1.82, 2.24) is 9.59 Å². The zero-order valence-corrected chi connectivity index (χ0v) is 9.82. The molecule has 1 aromatic heterocycles. The summed E-state index contributed by atoms with van der Waals surface area (Å²) in [4.78, 5) is 11.7. The molecule has 0 aliphatic carbocycles. The Bertz CT molecular complexity index is 527. The zero-order chi connectivity index (χ0) is 12.3. The third kappa shape index (κ3) is 2.51. The average Bonchev–Trinajstić information content (AvgIpc) is 2.82. The van der Waals surface area contributed by atoms with Crippen molar-refractivity contribution in [3.63, 3.8) is 0 Å². The van der Waals surface area contributed by atoms with E-state index in [0.717, 1.165) is 11.5 Å². The maximum absolute atomic E-state index is 11.7. The first-order valence-corrected chi connectivity index (χ1v) is 5.56. The molecule has 0 radical (unpaired) electrons. The molecule has 0 fully saturated rings. The lowest BCUT2D eigenvalue weighted by Crippen LogP contribution is -2.12. The van der Waals surface area contributed by atoms with Gasteiger partial charge in [0.25, 0.3) is 5.91 Å². The van der Waals surface area contributed by atoms with Crippen molar-refractivity contribution in [2.45, 2.75) is 0 Å². The van der Waals surface area contributed by atoms with Gasteiger partial charge in [-0.1, -0.05) is 4.49 Å². The van der Waals surface area contributed by atoms with Crippen LogP contribution in [0.5, 0.6) is 5.75 Å². The molecule has 1 heterocycles. The summed E-state index contributed by atoms with van der Waals surface area (Å²) in [5.41, 5.74) is 7.05. The lowest BCUT2D eigenvalue weighted by atomic mass is 10.2. The Balaban J connectivity index is 2.14. The van der Waals surface area contributed by atoms with Gasteiger partial charge in [-0.3, -0.25) is 4.79 Å². The molecule has 0 spiro atoms. The highest BCUT2D eigenvalue weighted by atomic mass is 32.1. The van der Waals surface area contributed by atoms with Gasteiger partial charge in [0.1, 0.15) is 5.75 Å². The Morgan fingerprint density at radius 1 is 1.53 bits per heavy atom. The van der Waals surface area contributed by atoms with Crippen molar-refractivity contribution in [3.05, 3.63) is 29.3 Å². The number of anilines is 2. The summed E-state index contributed by atoms with van der Waals surface area (Å²) >= 11 is 1.12. The molecule has 1 aromatic carbocycles. The van der Waals surface area contributed by atoms with E-state index in [-0.39, 0.29) is 11.6 Å². The van der Waals surface area contributed by atoms with E-state index in [9.17, 15) is 4.79 Å². The highest BCUT2D eigenvalue weighted by Crippen LogP contribution is 2.24. The molecular weight excluding hydrogens is 240 g/mol. The van der Waals surface area contributed by atoms with Gasteiger partial charge < -0.3 is 15.8 Å². The molecule has 0 saturated carbocycles. The number of carbonyl (C=O) groups is 1. The summed E-state index contributed by atoms with van der Waals surface area (Å²) in [5.74, 6) is 0.252. The van der Waals surface area contributed by atoms with Gasteiger partial charge in [-0.15, -0.1) is 5.10 Å². The van der Waals surface area contributed by atoms with Crippen molar-refractivity contribution >= 4 is 28.8 Å². The van der Waals surface area contributed by atoms with Crippen molar-refractivity contribution in [3.8, 4) is 5.75 Å². The number of hydrogen-bond acceptors (Lipinski definition) is 6. The molecule has 0 bridgehead atoms. The fraction of sp³-hybridized carbons (Fsp3) is 0.100. The average molecular weight is 250 g/mol. The van der Waals surface area contributed by atoms with Gasteiger partial charge in [-0.25, -0.2) is 0 Å². The second kappa shape index (κ2) is 4.79. The molecule has 2 aromatic rings. The minimum atomic E-state index is -0.316. The SMILES string of the molecule is COc1ccc(NC(=O)c2csnn2)cc1N. The molecule has 3 N–H and O–H groups in total. The van der Waals surface area contributed by atoms with E-state index in [1.165, 1.54) is 7.11 Å². The Labute approximate surface area is 102 Å². The molecule has 6 nitrogen and oxygen atoms in total. The number of amides is 1. The van der Waals surface area contributed by atoms with Crippen LogP contribution in [0.2, 0.25) is 0 Å².